The summed E-state index contributed by atoms with van der Waals surface area (Å²) in [6.07, 6.45) is -1.91. The van der Waals surface area contributed by atoms with E-state index < -0.39 is 47.9 Å². The van der Waals surface area contributed by atoms with E-state index in [1.54, 1.807) is 66.2 Å². The van der Waals surface area contributed by atoms with Gasteiger partial charge in [0.05, 0.1) is 30.5 Å². The largest absolute Gasteiger partial charge is 0.495 e. The van der Waals surface area contributed by atoms with Gasteiger partial charge in [-0.2, -0.15) is 5.10 Å². The molecule has 6 aromatic rings. The summed E-state index contributed by atoms with van der Waals surface area (Å²) in [5, 5.41) is 10.7. The third kappa shape index (κ3) is 8.70. The Morgan fingerprint density at radius 3 is 2.16 bits per heavy atom. The first-order valence-corrected chi connectivity index (χ1v) is 19.9. The third-order valence-electron chi connectivity index (χ3n) is 10.3. The molecule has 0 spiro atoms. The molecule has 3 unspecified atom stereocenters. The Bertz CT molecular complexity index is 2600. The molecule has 1 aliphatic rings. The number of ether oxygens (including phenoxy) is 3. The molecule has 2 N–H and O–H groups in total. The highest BCUT2D eigenvalue weighted by atomic mass is 16.5. The van der Waals surface area contributed by atoms with E-state index in [0.29, 0.717) is 39.2 Å². The Morgan fingerprint density at radius 2 is 1.48 bits per heavy atom. The van der Waals surface area contributed by atoms with Crippen LogP contribution in [0.3, 0.4) is 0 Å². The van der Waals surface area contributed by atoms with Crippen LogP contribution in [-0.4, -0.2) is 81.2 Å². The summed E-state index contributed by atoms with van der Waals surface area (Å²) in [5.74, 6) is -2.54. The number of benzene rings is 5. The number of rotatable bonds is 16. The van der Waals surface area contributed by atoms with Crippen molar-refractivity contribution in [2.45, 2.75) is 59.0 Å². The number of nitrogens with zero attached hydrogens (tertiary/aromatic N) is 4. The van der Waals surface area contributed by atoms with Crippen LogP contribution in [0.15, 0.2) is 121 Å². The number of hydrogen-bond donors (Lipinski definition) is 2. The number of Topliss-reactive ketones (excluding diaryl/α,β-unsaturated/α-hetero) is 1. The normalized spacial score (nSPS) is 14.8. The van der Waals surface area contributed by atoms with Crippen molar-refractivity contribution in [1.82, 2.24) is 19.6 Å². The lowest BCUT2D eigenvalue weighted by Gasteiger charge is -2.24. The smallest absolute Gasteiger partial charge is 0.330 e. The third-order valence-corrected chi connectivity index (χ3v) is 10.3. The van der Waals surface area contributed by atoms with E-state index in [4.69, 9.17) is 14.2 Å². The van der Waals surface area contributed by atoms with Crippen LogP contribution in [0.4, 0.5) is 16.2 Å². The van der Waals surface area contributed by atoms with Crippen LogP contribution in [0.5, 0.6) is 11.5 Å². The molecule has 14 heteroatoms. The molecule has 1 aromatic heterocycles. The molecule has 0 aliphatic carbocycles. The molecule has 7 rings (SSSR count). The average Bonchev–Trinajstić information content (AvgIpc) is 3.76. The second-order valence-corrected chi connectivity index (χ2v) is 14.5. The lowest BCUT2D eigenvalue weighted by atomic mass is 10.0. The van der Waals surface area contributed by atoms with Gasteiger partial charge in [-0.15, -0.1) is 0 Å². The summed E-state index contributed by atoms with van der Waals surface area (Å²) < 4.78 is 19.1. The van der Waals surface area contributed by atoms with Crippen molar-refractivity contribution < 1.29 is 38.2 Å². The van der Waals surface area contributed by atoms with Crippen molar-refractivity contribution in [2.75, 3.05) is 24.4 Å². The number of urea groups is 1. The van der Waals surface area contributed by atoms with Crippen LogP contribution in [0.2, 0.25) is 0 Å². The predicted octanol–water partition coefficient (Wildman–Crippen LogP) is 7.46. The van der Waals surface area contributed by atoms with Crippen molar-refractivity contribution in [3.05, 3.63) is 144 Å². The molecule has 3 atom stereocenters. The zero-order valence-corrected chi connectivity index (χ0v) is 34.5. The fraction of sp³-hybridized carbons (Fsp3) is 0.234. The van der Waals surface area contributed by atoms with Gasteiger partial charge < -0.3 is 24.8 Å². The van der Waals surface area contributed by atoms with E-state index in [1.165, 1.54) is 24.1 Å². The van der Waals surface area contributed by atoms with Gasteiger partial charge in [0.1, 0.15) is 17.2 Å². The Hall–Kier alpha value is -7.32. The van der Waals surface area contributed by atoms with Gasteiger partial charge in [0.25, 0.3) is 17.7 Å². The minimum absolute atomic E-state index is 0.0395. The zero-order valence-electron chi connectivity index (χ0n) is 34.5. The minimum Gasteiger partial charge on any atom is -0.495 e. The number of methoxy groups -OCH3 is 1. The molecule has 0 radical (unpaired) electrons. The Morgan fingerprint density at radius 1 is 0.787 bits per heavy atom. The van der Waals surface area contributed by atoms with Gasteiger partial charge in [0.2, 0.25) is 12.0 Å². The molecule has 0 saturated carbocycles. The van der Waals surface area contributed by atoms with Gasteiger partial charge in [-0.05, 0) is 80.8 Å². The number of nitrogens with one attached hydrogen (secondary N) is 2. The maximum atomic E-state index is 15.1. The van der Waals surface area contributed by atoms with Crippen LogP contribution in [0.1, 0.15) is 47.4 Å². The molecular formula is C47H46N6O8. The molecular weight excluding hydrogens is 777 g/mol. The molecule has 5 amide bonds. The van der Waals surface area contributed by atoms with Gasteiger partial charge in [-0.25, -0.2) is 14.4 Å². The lowest BCUT2D eigenvalue weighted by molar-refractivity contribution is -0.144. The van der Waals surface area contributed by atoms with Crippen LogP contribution in [-0.2, 0) is 25.7 Å². The molecule has 1 fully saturated rings. The number of amides is 5. The minimum atomic E-state index is -2.06. The maximum absolute atomic E-state index is 15.1. The van der Waals surface area contributed by atoms with E-state index in [-0.39, 0.29) is 36.0 Å². The van der Waals surface area contributed by atoms with Crippen LogP contribution in [0.25, 0.3) is 16.6 Å². The summed E-state index contributed by atoms with van der Waals surface area (Å²) in [4.78, 5) is 74.2. The Balaban J connectivity index is 1.26. The number of imide groups is 1. The molecule has 0 bridgehead atoms. The van der Waals surface area contributed by atoms with E-state index in [9.17, 15) is 19.2 Å². The summed E-state index contributed by atoms with van der Waals surface area (Å²) in [7, 11) is 1.39. The lowest BCUT2D eigenvalue weighted by Crippen LogP contribution is -2.52. The topological polar surface area (TPSA) is 161 Å². The Labute approximate surface area is 353 Å². The predicted molar refractivity (Wildman–Crippen MR) is 230 cm³/mol. The second-order valence-electron chi connectivity index (χ2n) is 14.5. The van der Waals surface area contributed by atoms with Crippen molar-refractivity contribution in [3.63, 3.8) is 0 Å². The van der Waals surface area contributed by atoms with Crippen molar-refractivity contribution in [1.29, 1.82) is 0 Å². The Kier molecular flexibility index (Phi) is 12.5. The first-order chi connectivity index (χ1) is 29.5. The molecule has 5 aromatic carbocycles. The summed E-state index contributed by atoms with van der Waals surface area (Å²) in [6.45, 7) is 7.40. The van der Waals surface area contributed by atoms with Gasteiger partial charge in [0.15, 0.2) is 12.1 Å². The number of fused-ring (bicyclic) bond motifs is 1. The first-order valence-electron chi connectivity index (χ1n) is 19.9. The van der Waals surface area contributed by atoms with Crippen LogP contribution < -0.4 is 20.1 Å². The number of hydrogen-bond acceptors (Lipinski definition) is 9. The monoisotopic (exact) mass is 822 g/mol. The van der Waals surface area contributed by atoms with Crippen molar-refractivity contribution >= 4 is 51.8 Å². The van der Waals surface area contributed by atoms with Gasteiger partial charge in [-0.3, -0.25) is 24.1 Å². The fourth-order valence-corrected chi connectivity index (χ4v) is 7.28. The number of aromatic nitrogens is 2. The van der Waals surface area contributed by atoms with E-state index in [2.05, 4.69) is 15.7 Å². The van der Waals surface area contributed by atoms with Crippen LogP contribution >= 0.6 is 0 Å². The highest BCUT2D eigenvalue weighted by Crippen LogP contribution is 2.32. The van der Waals surface area contributed by atoms with E-state index in [0.717, 1.165) is 11.1 Å². The summed E-state index contributed by atoms with van der Waals surface area (Å²) >= 11 is 0. The maximum Gasteiger partial charge on any atom is 0.330 e. The molecule has 14 nitrogen and oxygen atoms in total. The number of aryl methyl sites for hydroxylation is 2. The number of ketones is 1. The number of carbonyl (C=O) groups excluding carboxylic acids is 5. The molecule has 1 saturated heterocycles. The SMILES string of the molecule is CCOC1C(=O)N(C(C(=O)Nc2cc(NC(=O)C(CC)Oc3ccc(C)cc3C)ccc2OC)C(=O)c2nn(-c3ccccc3)c3ccccc23)C(=O)N1Cc1ccccc1. The van der Waals surface area contributed by atoms with Crippen molar-refractivity contribution in [2.24, 2.45) is 0 Å². The number of anilines is 2. The quantitative estimate of drug-likeness (QED) is 0.0574. The van der Waals surface area contributed by atoms with Crippen LogP contribution in [0, 0.1) is 13.8 Å². The number of para-hydroxylation sites is 2. The van der Waals surface area contributed by atoms with Gasteiger partial charge in [0, 0.05) is 17.7 Å². The van der Waals surface area contributed by atoms with Gasteiger partial charge in [-0.1, -0.05) is 91.3 Å². The molecule has 61 heavy (non-hydrogen) atoms. The second kappa shape index (κ2) is 18.3. The zero-order chi connectivity index (χ0) is 43.2. The van der Waals surface area contributed by atoms with Gasteiger partial charge >= 0.3 is 6.03 Å². The summed E-state index contributed by atoms with van der Waals surface area (Å²) in [6, 6.07) is 32.4. The van der Waals surface area contributed by atoms with Crippen molar-refractivity contribution in [3.8, 4) is 17.2 Å². The molecule has 2 heterocycles. The molecule has 1 aliphatic heterocycles. The average molecular weight is 823 g/mol. The van der Waals surface area contributed by atoms with E-state index >= 15 is 4.79 Å². The molecule has 312 valence electrons. The fourth-order valence-electron chi connectivity index (χ4n) is 7.28. The standard InChI is InChI=1S/C47H46N6O8/c1-6-37(61-38-24-22-29(3)26-30(38)4)43(55)48-32-23-25-39(59-5)35(27-32)49-44(56)41(52-45(57)46(60-7-2)51(47(52)58)28-31-16-10-8-11-17-31)42(54)40-34-20-14-15-21-36(34)53(50-40)33-18-12-9-13-19-33/h8-27,37,41,46H,6-7,28H2,1-5H3,(H,48,55)(H,49,56). The van der Waals surface area contributed by atoms with E-state index in [1.807, 2.05) is 75.4 Å². The highest BCUT2D eigenvalue weighted by Gasteiger charge is 2.53. The summed E-state index contributed by atoms with van der Waals surface area (Å²) in [5.41, 5.74) is 4.03. The number of carbonyl (C=O) groups is 5. The first kappa shape index (κ1) is 41.8. The highest BCUT2D eigenvalue weighted by molar-refractivity contribution is 6.24.